The molecule has 0 atom stereocenters. The van der Waals surface area contributed by atoms with Crippen LogP contribution in [0.1, 0.15) is 20.7 Å². The Balaban J connectivity index is 3.14. The molecule has 0 aromatic heterocycles. The minimum absolute atomic E-state index is 0.00294. The van der Waals surface area contributed by atoms with Crippen molar-refractivity contribution in [3.05, 3.63) is 35.1 Å². The number of ether oxygens (including phenoxy) is 1. The zero-order chi connectivity index (χ0) is 10.7. The van der Waals surface area contributed by atoms with Crippen molar-refractivity contribution in [2.45, 2.75) is 0 Å². The van der Waals surface area contributed by atoms with Crippen molar-refractivity contribution in [1.82, 2.24) is 0 Å². The first-order valence-corrected chi connectivity index (χ1v) is 4.01. The molecule has 1 aromatic rings. The molecule has 3 nitrogen and oxygen atoms in total. The fourth-order valence-electron chi connectivity index (χ4n) is 0.913. The Labute approximate surface area is 84.4 Å². The van der Waals surface area contributed by atoms with Gasteiger partial charge in [0.15, 0.2) is 0 Å². The van der Waals surface area contributed by atoms with Crippen molar-refractivity contribution >= 4 is 22.8 Å². The Morgan fingerprint density at radius 3 is 2.50 bits per heavy atom. The van der Waals surface area contributed by atoms with Gasteiger partial charge in [-0.25, -0.2) is 9.18 Å². The molecule has 0 fully saturated rings. The summed E-state index contributed by atoms with van der Waals surface area (Å²) in [4.78, 5) is 21.6. The molecule has 0 saturated heterocycles. The lowest BCUT2D eigenvalue weighted by molar-refractivity contribution is 0.0595. The summed E-state index contributed by atoms with van der Waals surface area (Å²) in [6.07, 6.45) is 0. The molecule has 0 aliphatic carbocycles. The van der Waals surface area contributed by atoms with Crippen LogP contribution in [0.15, 0.2) is 18.2 Å². The van der Waals surface area contributed by atoms with E-state index in [1.807, 2.05) is 0 Å². The van der Waals surface area contributed by atoms with Crippen LogP contribution in [-0.4, -0.2) is 18.3 Å². The van der Waals surface area contributed by atoms with Gasteiger partial charge in [0, 0.05) is 5.56 Å². The van der Waals surface area contributed by atoms with Crippen LogP contribution >= 0.6 is 11.6 Å². The summed E-state index contributed by atoms with van der Waals surface area (Å²) < 4.78 is 17.5. The maximum absolute atomic E-state index is 13.1. The largest absolute Gasteiger partial charge is 0.465 e. The molecule has 0 amide bonds. The lowest BCUT2D eigenvalue weighted by Crippen LogP contribution is -2.05. The number of hydrogen-bond donors (Lipinski definition) is 0. The minimum atomic E-state index is -0.830. The zero-order valence-electron chi connectivity index (χ0n) is 7.21. The number of rotatable bonds is 2. The Morgan fingerprint density at radius 2 is 2.07 bits per heavy atom. The summed E-state index contributed by atoms with van der Waals surface area (Å²) in [7, 11) is 1.14. The molecule has 0 heterocycles. The fraction of sp³-hybridized carbons (Fsp3) is 0.111. The fourth-order valence-corrected chi connectivity index (χ4v) is 1.03. The first-order chi connectivity index (χ1) is 6.56. The average Bonchev–Trinajstić information content (AvgIpc) is 2.16. The number of hydrogen-bond acceptors (Lipinski definition) is 3. The topological polar surface area (TPSA) is 43.4 Å². The number of carbonyl (C=O) groups is 2. The van der Waals surface area contributed by atoms with Crippen LogP contribution < -0.4 is 0 Å². The predicted molar refractivity (Wildman–Crippen MR) is 47.9 cm³/mol. The van der Waals surface area contributed by atoms with Gasteiger partial charge in [0.2, 0.25) is 0 Å². The second kappa shape index (κ2) is 4.19. The Kier molecular flexibility index (Phi) is 3.19. The maximum Gasteiger partial charge on any atom is 0.340 e. The normalized spacial score (nSPS) is 9.64. The molecule has 5 heteroatoms. The smallest absolute Gasteiger partial charge is 0.340 e. The van der Waals surface area contributed by atoms with Gasteiger partial charge in [-0.2, -0.15) is 0 Å². The van der Waals surface area contributed by atoms with Gasteiger partial charge < -0.3 is 4.74 Å². The number of methoxy groups -OCH3 is 1. The SMILES string of the molecule is COC(=O)c1ccc(C(=O)Cl)cc1F. The molecule has 0 spiro atoms. The number of halogens is 2. The van der Waals surface area contributed by atoms with Gasteiger partial charge >= 0.3 is 5.97 Å². The van der Waals surface area contributed by atoms with Crippen LogP contribution in [-0.2, 0) is 4.74 Å². The third-order valence-corrected chi connectivity index (χ3v) is 1.82. The molecule has 0 N–H and O–H groups in total. The Bertz CT molecular complexity index is 390. The summed E-state index contributed by atoms with van der Waals surface area (Å²) in [5.74, 6) is -1.63. The lowest BCUT2D eigenvalue weighted by atomic mass is 10.1. The molecular weight excluding hydrogens is 211 g/mol. The van der Waals surface area contributed by atoms with Gasteiger partial charge in [0.05, 0.1) is 12.7 Å². The van der Waals surface area contributed by atoms with Gasteiger partial charge in [-0.05, 0) is 29.8 Å². The standard InChI is InChI=1S/C9H6ClFO3/c1-14-9(13)6-3-2-5(8(10)12)4-7(6)11/h2-4H,1H3. The second-order valence-electron chi connectivity index (χ2n) is 2.46. The quantitative estimate of drug-likeness (QED) is 0.561. The maximum atomic E-state index is 13.1. The van der Waals surface area contributed by atoms with Crippen molar-refractivity contribution in [2.75, 3.05) is 7.11 Å². The molecule has 1 aromatic carbocycles. The molecule has 0 aliphatic rings. The van der Waals surface area contributed by atoms with Gasteiger partial charge in [-0.3, -0.25) is 4.79 Å². The first-order valence-electron chi connectivity index (χ1n) is 3.64. The zero-order valence-corrected chi connectivity index (χ0v) is 7.97. The van der Waals surface area contributed by atoms with Crippen molar-refractivity contribution in [1.29, 1.82) is 0 Å². The summed E-state index contributed by atoms with van der Waals surface area (Å²) >= 11 is 5.12. The van der Waals surface area contributed by atoms with E-state index < -0.39 is 17.0 Å². The van der Waals surface area contributed by atoms with Gasteiger partial charge in [-0.15, -0.1) is 0 Å². The molecule has 0 bridgehead atoms. The molecule has 0 aliphatic heterocycles. The highest BCUT2D eigenvalue weighted by Gasteiger charge is 2.13. The van der Waals surface area contributed by atoms with Gasteiger partial charge in [0.1, 0.15) is 5.82 Å². The van der Waals surface area contributed by atoms with Crippen molar-refractivity contribution < 1.29 is 18.7 Å². The van der Waals surface area contributed by atoms with E-state index in [0.717, 1.165) is 19.2 Å². The molecule has 74 valence electrons. The highest BCUT2D eigenvalue weighted by atomic mass is 35.5. The third-order valence-electron chi connectivity index (χ3n) is 1.60. The summed E-state index contributed by atoms with van der Waals surface area (Å²) in [6.45, 7) is 0. The van der Waals surface area contributed by atoms with E-state index in [9.17, 15) is 14.0 Å². The second-order valence-corrected chi connectivity index (χ2v) is 2.80. The van der Waals surface area contributed by atoms with E-state index >= 15 is 0 Å². The van der Waals surface area contributed by atoms with Crippen molar-refractivity contribution in [2.24, 2.45) is 0 Å². The van der Waals surface area contributed by atoms with E-state index in [2.05, 4.69) is 4.74 Å². The Morgan fingerprint density at radius 1 is 1.43 bits per heavy atom. The van der Waals surface area contributed by atoms with Crippen molar-refractivity contribution in [3.8, 4) is 0 Å². The molecule has 1 rings (SSSR count). The van der Waals surface area contributed by atoms with Crippen LogP contribution in [0.2, 0.25) is 0 Å². The van der Waals surface area contributed by atoms with Gasteiger partial charge in [-0.1, -0.05) is 0 Å². The summed E-state index contributed by atoms with van der Waals surface area (Å²) in [5, 5.41) is -0.777. The number of esters is 1. The lowest BCUT2D eigenvalue weighted by Gasteiger charge is -2.01. The first kappa shape index (κ1) is 10.7. The van der Waals surface area contributed by atoms with Crippen LogP contribution in [0.25, 0.3) is 0 Å². The highest BCUT2D eigenvalue weighted by Crippen LogP contribution is 2.13. The van der Waals surface area contributed by atoms with Crippen LogP contribution in [0.5, 0.6) is 0 Å². The number of carbonyl (C=O) groups excluding carboxylic acids is 2. The summed E-state index contributed by atoms with van der Waals surface area (Å²) in [5.41, 5.74) is -0.231. The van der Waals surface area contributed by atoms with E-state index in [4.69, 9.17) is 11.6 Å². The highest BCUT2D eigenvalue weighted by molar-refractivity contribution is 6.67. The average molecular weight is 217 g/mol. The van der Waals surface area contributed by atoms with Crippen LogP contribution in [0.3, 0.4) is 0 Å². The molecule has 0 saturated carbocycles. The van der Waals surface area contributed by atoms with Crippen molar-refractivity contribution in [3.63, 3.8) is 0 Å². The van der Waals surface area contributed by atoms with Crippen LogP contribution in [0, 0.1) is 5.82 Å². The monoisotopic (exact) mass is 216 g/mol. The molecule has 0 radical (unpaired) electrons. The molecule has 14 heavy (non-hydrogen) atoms. The van der Waals surface area contributed by atoms with E-state index in [1.165, 1.54) is 6.07 Å². The Hall–Kier alpha value is -1.42. The van der Waals surface area contributed by atoms with Crippen LogP contribution in [0.4, 0.5) is 4.39 Å². The minimum Gasteiger partial charge on any atom is -0.465 e. The van der Waals surface area contributed by atoms with E-state index in [1.54, 1.807) is 0 Å². The third kappa shape index (κ3) is 2.09. The van der Waals surface area contributed by atoms with Gasteiger partial charge in [0.25, 0.3) is 5.24 Å². The molecular formula is C9H6ClFO3. The van der Waals surface area contributed by atoms with E-state index in [-0.39, 0.29) is 11.1 Å². The summed E-state index contributed by atoms with van der Waals surface area (Å²) in [6, 6.07) is 3.29. The number of benzene rings is 1. The van der Waals surface area contributed by atoms with E-state index in [0.29, 0.717) is 0 Å². The molecule has 0 unspecified atom stereocenters. The predicted octanol–water partition coefficient (Wildman–Crippen LogP) is 1.99.